The van der Waals surface area contributed by atoms with Gasteiger partial charge >= 0.3 is 0 Å². The van der Waals surface area contributed by atoms with Crippen LogP contribution in [0.4, 0.5) is 0 Å². The molecule has 1 amide bonds. The van der Waals surface area contributed by atoms with Crippen LogP contribution < -0.4 is 4.72 Å². The van der Waals surface area contributed by atoms with Crippen molar-refractivity contribution in [3.8, 4) is 0 Å². The molecule has 0 aliphatic rings. The molecule has 0 fully saturated rings. The Balaban J connectivity index is 2.34. The SMILES string of the molecule is CCc1cc(CO)cc(S(=O)(=O)NC(=O)Cc2c(C(C)C)cccc2C(C)C)c1. The molecule has 0 aliphatic heterocycles. The molecular weight excluding hydrogens is 386 g/mol. The van der Waals surface area contributed by atoms with Gasteiger partial charge in [0.25, 0.3) is 10.0 Å². The first-order chi connectivity index (χ1) is 13.6. The molecule has 0 spiro atoms. The van der Waals surface area contributed by atoms with Crippen LogP contribution in [-0.4, -0.2) is 19.4 Å². The van der Waals surface area contributed by atoms with Gasteiger partial charge in [-0.15, -0.1) is 0 Å². The normalized spacial score (nSPS) is 11.9. The maximum absolute atomic E-state index is 12.8. The standard InChI is InChI=1S/C23H31NO4S/c1-6-17-10-18(14-25)12-19(11-17)29(27,28)24-23(26)13-22-20(15(2)3)8-7-9-21(22)16(4)5/h7-12,15-16,25H,6,13-14H2,1-5H3,(H,24,26). The molecule has 29 heavy (non-hydrogen) atoms. The predicted octanol–water partition coefficient (Wildman–Crippen LogP) is 4.04. The Bertz CT molecular complexity index is 930. The molecule has 6 heteroatoms. The second-order valence-corrected chi connectivity index (χ2v) is 9.61. The summed E-state index contributed by atoms with van der Waals surface area (Å²) in [4.78, 5) is 12.7. The van der Waals surface area contributed by atoms with Crippen molar-refractivity contribution in [3.05, 3.63) is 64.2 Å². The number of carbonyl (C=O) groups excluding carboxylic acids is 1. The van der Waals surface area contributed by atoms with Crippen LogP contribution in [0.5, 0.6) is 0 Å². The average molecular weight is 418 g/mol. The summed E-state index contributed by atoms with van der Waals surface area (Å²) in [6, 6.07) is 10.7. The second-order valence-electron chi connectivity index (χ2n) is 7.93. The largest absolute Gasteiger partial charge is 0.392 e. The van der Waals surface area contributed by atoms with Crippen LogP contribution >= 0.6 is 0 Å². The Morgan fingerprint density at radius 2 is 1.55 bits per heavy atom. The second kappa shape index (κ2) is 9.55. The van der Waals surface area contributed by atoms with E-state index >= 15 is 0 Å². The Labute approximate surface area is 174 Å². The summed E-state index contributed by atoms with van der Waals surface area (Å²) in [5, 5.41) is 9.41. The van der Waals surface area contributed by atoms with Crippen LogP contribution in [0.1, 0.15) is 74.3 Å². The number of aliphatic hydroxyl groups is 1. The maximum atomic E-state index is 12.8. The van der Waals surface area contributed by atoms with Crippen molar-refractivity contribution in [2.45, 2.75) is 70.8 Å². The van der Waals surface area contributed by atoms with Gasteiger partial charge in [-0.25, -0.2) is 13.1 Å². The van der Waals surface area contributed by atoms with Crippen molar-refractivity contribution in [1.82, 2.24) is 4.72 Å². The van der Waals surface area contributed by atoms with E-state index in [0.717, 1.165) is 22.3 Å². The molecular formula is C23H31NO4S. The number of aliphatic hydroxyl groups excluding tert-OH is 1. The van der Waals surface area contributed by atoms with Gasteiger partial charge in [0.1, 0.15) is 0 Å². The summed E-state index contributed by atoms with van der Waals surface area (Å²) in [6.45, 7) is 9.88. The fourth-order valence-corrected chi connectivity index (χ4v) is 4.60. The van der Waals surface area contributed by atoms with Crippen molar-refractivity contribution in [2.24, 2.45) is 0 Å². The topological polar surface area (TPSA) is 83.5 Å². The average Bonchev–Trinajstić information content (AvgIpc) is 2.66. The Hall–Kier alpha value is -2.18. The first-order valence-corrected chi connectivity index (χ1v) is 11.5. The number of hydrogen-bond donors (Lipinski definition) is 2. The van der Waals surface area contributed by atoms with Gasteiger partial charge in [-0.3, -0.25) is 4.79 Å². The summed E-state index contributed by atoms with van der Waals surface area (Å²) < 4.78 is 27.8. The summed E-state index contributed by atoms with van der Waals surface area (Å²) in [5.41, 5.74) is 4.29. The highest BCUT2D eigenvalue weighted by Crippen LogP contribution is 2.28. The molecule has 2 aromatic carbocycles. The lowest BCUT2D eigenvalue weighted by molar-refractivity contribution is -0.118. The van der Waals surface area contributed by atoms with Crippen LogP contribution in [0.15, 0.2) is 41.3 Å². The number of nitrogens with one attached hydrogen (secondary N) is 1. The van der Waals surface area contributed by atoms with E-state index in [1.165, 1.54) is 12.1 Å². The lowest BCUT2D eigenvalue weighted by Gasteiger charge is -2.19. The van der Waals surface area contributed by atoms with Crippen molar-refractivity contribution >= 4 is 15.9 Å². The molecule has 0 bridgehead atoms. The van der Waals surface area contributed by atoms with E-state index in [1.807, 2.05) is 25.1 Å². The third-order valence-corrected chi connectivity index (χ3v) is 6.36. The van der Waals surface area contributed by atoms with Gasteiger partial charge in [0.05, 0.1) is 17.9 Å². The number of sulfonamides is 1. The quantitative estimate of drug-likeness (QED) is 0.679. The molecule has 0 radical (unpaired) electrons. The molecule has 0 unspecified atom stereocenters. The zero-order valence-corrected chi connectivity index (χ0v) is 18.6. The lowest BCUT2D eigenvalue weighted by Crippen LogP contribution is -2.32. The summed E-state index contributed by atoms with van der Waals surface area (Å²) in [7, 11) is -4.02. The van der Waals surface area contributed by atoms with Crippen molar-refractivity contribution in [1.29, 1.82) is 0 Å². The minimum absolute atomic E-state index is 0.00141. The minimum atomic E-state index is -4.02. The van der Waals surface area contributed by atoms with Gasteiger partial charge in [-0.05, 0) is 58.2 Å². The summed E-state index contributed by atoms with van der Waals surface area (Å²) in [6.07, 6.45) is 0.630. The predicted molar refractivity (Wildman–Crippen MR) is 115 cm³/mol. The summed E-state index contributed by atoms with van der Waals surface area (Å²) >= 11 is 0. The highest BCUT2D eigenvalue weighted by atomic mass is 32.2. The molecule has 2 aromatic rings. The third kappa shape index (κ3) is 5.67. The number of amides is 1. The molecule has 0 atom stereocenters. The van der Waals surface area contributed by atoms with Gasteiger partial charge < -0.3 is 5.11 Å². The third-order valence-electron chi connectivity index (χ3n) is 5.01. The molecule has 0 heterocycles. The van der Waals surface area contributed by atoms with Crippen molar-refractivity contribution < 1.29 is 18.3 Å². The number of aryl methyl sites for hydroxylation is 1. The lowest BCUT2D eigenvalue weighted by atomic mass is 9.87. The van der Waals surface area contributed by atoms with E-state index in [2.05, 4.69) is 32.4 Å². The van der Waals surface area contributed by atoms with E-state index in [1.54, 1.807) is 6.07 Å². The van der Waals surface area contributed by atoms with Crippen LogP contribution in [-0.2, 0) is 34.3 Å². The fourth-order valence-electron chi connectivity index (χ4n) is 3.49. The van der Waals surface area contributed by atoms with Gasteiger partial charge in [0, 0.05) is 0 Å². The van der Waals surface area contributed by atoms with Crippen molar-refractivity contribution in [3.63, 3.8) is 0 Å². The smallest absolute Gasteiger partial charge is 0.264 e. The van der Waals surface area contributed by atoms with E-state index in [-0.39, 0.29) is 29.8 Å². The monoisotopic (exact) mass is 417 g/mol. The van der Waals surface area contributed by atoms with Gasteiger partial charge in [-0.1, -0.05) is 58.9 Å². The molecule has 5 nitrogen and oxygen atoms in total. The Morgan fingerprint density at radius 3 is 2.03 bits per heavy atom. The minimum Gasteiger partial charge on any atom is -0.392 e. The first-order valence-electron chi connectivity index (χ1n) is 10.00. The fraction of sp³-hybridized carbons (Fsp3) is 0.435. The van der Waals surface area contributed by atoms with E-state index in [4.69, 9.17) is 0 Å². The molecule has 0 saturated carbocycles. The Morgan fingerprint density at radius 1 is 1.00 bits per heavy atom. The van der Waals surface area contributed by atoms with E-state index in [9.17, 15) is 18.3 Å². The van der Waals surface area contributed by atoms with Gasteiger partial charge in [0.2, 0.25) is 5.91 Å². The Kier molecular flexibility index (Phi) is 7.60. The van der Waals surface area contributed by atoms with Crippen LogP contribution in [0.25, 0.3) is 0 Å². The van der Waals surface area contributed by atoms with E-state index in [0.29, 0.717) is 12.0 Å². The van der Waals surface area contributed by atoms with Gasteiger partial charge in [0.15, 0.2) is 0 Å². The molecule has 0 aliphatic carbocycles. The van der Waals surface area contributed by atoms with E-state index < -0.39 is 15.9 Å². The number of carbonyl (C=O) groups is 1. The molecule has 158 valence electrons. The summed E-state index contributed by atoms with van der Waals surface area (Å²) in [5.74, 6) is -0.115. The van der Waals surface area contributed by atoms with Crippen molar-refractivity contribution in [2.75, 3.05) is 0 Å². The molecule has 2 rings (SSSR count). The van der Waals surface area contributed by atoms with Gasteiger partial charge in [-0.2, -0.15) is 0 Å². The first kappa shape index (κ1) is 23.1. The van der Waals surface area contributed by atoms with Crippen LogP contribution in [0.3, 0.4) is 0 Å². The number of hydrogen-bond acceptors (Lipinski definition) is 4. The highest BCUT2D eigenvalue weighted by molar-refractivity contribution is 7.90. The molecule has 0 aromatic heterocycles. The zero-order chi connectivity index (χ0) is 21.8. The molecule has 2 N–H and O–H groups in total. The van der Waals surface area contributed by atoms with Crippen LogP contribution in [0, 0.1) is 0 Å². The maximum Gasteiger partial charge on any atom is 0.264 e. The zero-order valence-electron chi connectivity index (χ0n) is 17.8. The highest BCUT2D eigenvalue weighted by Gasteiger charge is 2.22. The number of rotatable bonds is 8. The molecule has 0 saturated heterocycles. The number of benzene rings is 2. The van der Waals surface area contributed by atoms with Crippen LogP contribution in [0.2, 0.25) is 0 Å².